The highest BCUT2D eigenvalue weighted by Crippen LogP contribution is 2.23. The molecular weight excluding hydrogens is 238 g/mol. The van der Waals surface area contributed by atoms with E-state index in [2.05, 4.69) is 48.6 Å². The molecule has 0 aliphatic carbocycles. The van der Waals surface area contributed by atoms with E-state index in [1.54, 1.807) is 0 Å². The molecule has 1 unspecified atom stereocenters. The second-order valence-electron chi connectivity index (χ2n) is 4.73. The van der Waals surface area contributed by atoms with Crippen LogP contribution in [0.15, 0.2) is 36.4 Å². The van der Waals surface area contributed by atoms with E-state index in [0.717, 1.165) is 5.56 Å². The highest BCUT2D eigenvalue weighted by Gasteiger charge is 2.14. The first-order valence-electron chi connectivity index (χ1n) is 6.38. The van der Waals surface area contributed by atoms with Gasteiger partial charge in [0.1, 0.15) is 0 Å². The monoisotopic (exact) mass is 257 g/mol. The van der Waals surface area contributed by atoms with Crippen molar-refractivity contribution in [2.45, 2.75) is 19.4 Å². The average Bonchev–Trinajstić information content (AvgIpc) is 2.43. The standard InChI is InChI=1S/C16H19NO2/c1-11-4-5-13-9-14(7-6-12(13)8-11)15(17-2)10-16(18)19-3/h4-9,15,17H,10H2,1-3H3. The van der Waals surface area contributed by atoms with Gasteiger partial charge >= 0.3 is 5.97 Å². The number of nitrogens with one attached hydrogen (secondary N) is 1. The van der Waals surface area contributed by atoms with E-state index in [0.29, 0.717) is 6.42 Å². The molecule has 0 fully saturated rings. The van der Waals surface area contributed by atoms with E-state index >= 15 is 0 Å². The minimum Gasteiger partial charge on any atom is -0.469 e. The largest absolute Gasteiger partial charge is 0.469 e. The maximum Gasteiger partial charge on any atom is 0.307 e. The smallest absolute Gasteiger partial charge is 0.307 e. The predicted octanol–water partition coefficient (Wildman–Crippen LogP) is 2.97. The van der Waals surface area contributed by atoms with E-state index in [1.165, 1.54) is 23.4 Å². The lowest BCUT2D eigenvalue weighted by atomic mass is 9.99. The number of carbonyl (C=O) groups is 1. The van der Waals surface area contributed by atoms with Crippen molar-refractivity contribution in [3.8, 4) is 0 Å². The maximum atomic E-state index is 11.4. The fraction of sp³-hybridized carbons (Fsp3) is 0.312. The predicted molar refractivity (Wildman–Crippen MR) is 77.1 cm³/mol. The molecule has 0 aliphatic rings. The number of hydrogen-bond acceptors (Lipinski definition) is 3. The van der Waals surface area contributed by atoms with Crippen molar-refractivity contribution < 1.29 is 9.53 Å². The van der Waals surface area contributed by atoms with Gasteiger partial charge in [-0.3, -0.25) is 4.79 Å². The zero-order valence-electron chi connectivity index (χ0n) is 11.6. The SMILES string of the molecule is CNC(CC(=O)OC)c1ccc2cc(C)ccc2c1. The Kier molecular flexibility index (Phi) is 4.17. The molecule has 0 aromatic heterocycles. The van der Waals surface area contributed by atoms with Gasteiger partial charge in [0, 0.05) is 6.04 Å². The maximum absolute atomic E-state index is 11.4. The first-order chi connectivity index (χ1) is 9.13. The third kappa shape index (κ3) is 3.12. The van der Waals surface area contributed by atoms with Crippen LogP contribution in [0.1, 0.15) is 23.6 Å². The number of benzene rings is 2. The molecule has 3 nitrogen and oxygen atoms in total. The molecular formula is C16H19NO2. The molecule has 3 heteroatoms. The van der Waals surface area contributed by atoms with Crippen LogP contribution < -0.4 is 5.32 Å². The molecule has 1 atom stereocenters. The average molecular weight is 257 g/mol. The number of rotatable bonds is 4. The molecule has 2 rings (SSSR count). The van der Waals surface area contributed by atoms with Crippen LogP contribution in [0.3, 0.4) is 0 Å². The molecule has 1 N–H and O–H groups in total. The van der Waals surface area contributed by atoms with Crippen molar-refractivity contribution >= 4 is 16.7 Å². The highest BCUT2D eigenvalue weighted by atomic mass is 16.5. The van der Waals surface area contributed by atoms with Gasteiger partial charge in [0.2, 0.25) is 0 Å². The summed E-state index contributed by atoms with van der Waals surface area (Å²) < 4.78 is 4.73. The van der Waals surface area contributed by atoms with Crippen LogP contribution in [0.5, 0.6) is 0 Å². The minimum absolute atomic E-state index is 0.0156. The molecule has 0 saturated carbocycles. The van der Waals surface area contributed by atoms with Crippen LogP contribution in [0.25, 0.3) is 10.8 Å². The second kappa shape index (κ2) is 5.85. The number of hydrogen-bond donors (Lipinski definition) is 1. The van der Waals surface area contributed by atoms with E-state index in [4.69, 9.17) is 4.74 Å². The fourth-order valence-electron chi connectivity index (χ4n) is 2.24. The molecule has 2 aromatic rings. The Bertz CT molecular complexity index is 592. The van der Waals surface area contributed by atoms with Gasteiger partial charge in [-0.1, -0.05) is 35.9 Å². The number of ether oxygens (including phenoxy) is 1. The van der Waals surface area contributed by atoms with Gasteiger partial charge in [0.25, 0.3) is 0 Å². The third-order valence-electron chi connectivity index (χ3n) is 3.37. The summed E-state index contributed by atoms with van der Waals surface area (Å²) in [4.78, 5) is 11.4. The quantitative estimate of drug-likeness (QED) is 0.856. The van der Waals surface area contributed by atoms with Crippen LogP contribution in [-0.2, 0) is 9.53 Å². The van der Waals surface area contributed by atoms with Gasteiger partial charge in [-0.05, 0) is 36.4 Å². The van der Waals surface area contributed by atoms with Gasteiger partial charge in [0.15, 0.2) is 0 Å². The molecule has 0 bridgehead atoms. The summed E-state index contributed by atoms with van der Waals surface area (Å²) in [7, 11) is 3.27. The normalized spacial score (nSPS) is 12.4. The first kappa shape index (κ1) is 13.6. The van der Waals surface area contributed by atoms with E-state index < -0.39 is 0 Å². The molecule has 0 amide bonds. The van der Waals surface area contributed by atoms with Gasteiger partial charge in [-0.25, -0.2) is 0 Å². The lowest BCUT2D eigenvalue weighted by Crippen LogP contribution is -2.20. The molecule has 0 heterocycles. The Morgan fingerprint density at radius 1 is 1.21 bits per heavy atom. The topological polar surface area (TPSA) is 38.3 Å². The number of methoxy groups -OCH3 is 1. The number of carbonyl (C=O) groups excluding carboxylic acids is 1. The van der Waals surface area contributed by atoms with Gasteiger partial charge in [0.05, 0.1) is 13.5 Å². The van der Waals surface area contributed by atoms with Crippen molar-refractivity contribution in [3.63, 3.8) is 0 Å². The van der Waals surface area contributed by atoms with Crippen LogP contribution in [-0.4, -0.2) is 20.1 Å². The van der Waals surface area contributed by atoms with Gasteiger partial charge in [-0.15, -0.1) is 0 Å². The lowest BCUT2D eigenvalue weighted by Gasteiger charge is -2.16. The summed E-state index contributed by atoms with van der Waals surface area (Å²) in [6, 6.07) is 12.6. The second-order valence-corrected chi connectivity index (χ2v) is 4.73. The van der Waals surface area contributed by atoms with Crippen LogP contribution >= 0.6 is 0 Å². The summed E-state index contributed by atoms with van der Waals surface area (Å²) >= 11 is 0. The molecule has 2 aromatic carbocycles. The zero-order valence-corrected chi connectivity index (χ0v) is 11.6. The van der Waals surface area contributed by atoms with E-state index in [9.17, 15) is 4.79 Å². The van der Waals surface area contributed by atoms with Crippen molar-refractivity contribution in [1.29, 1.82) is 0 Å². The summed E-state index contributed by atoms with van der Waals surface area (Å²) in [6.07, 6.45) is 0.338. The Labute approximate surface area is 113 Å². The lowest BCUT2D eigenvalue weighted by molar-refractivity contribution is -0.141. The molecule has 19 heavy (non-hydrogen) atoms. The summed E-state index contributed by atoms with van der Waals surface area (Å²) in [5.41, 5.74) is 2.35. The summed E-state index contributed by atoms with van der Waals surface area (Å²) in [5, 5.41) is 5.57. The number of aryl methyl sites for hydroxylation is 1. The molecule has 0 spiro atoms. The third-order valence-corrected chi connectivity index (χ3v) is 3.37. The van der Waals surface area contributed by atoms with E-state index in [1.807, 2.05) is 7.05 Å². The van der Waals surface area contributed by atoms with Gasteiger partial charge in [-0.2, -0.15) is 0 Å². The van der Waals surface area contributed by atoms with Crippen molar-refractivity contribution in [2.24, 2.45) is 0 Å². The minimum atomic E-state index is -0.205. The summed E-state index contributed by atoms with van der Waals surface area (Å²) in [6.45, 7) is 2.08. The highest BCUT2D eigenvalue weighted by molar-refractivity contribution is 5.84. The van der Waals surface area contributed by atoms with Crippen molar-refractivity contribution in [1.82, 2.24) is 5.32 Å². The van der Waals surface area contributed by atoms with Gasteiger partial charge < -0.3 is 10.1 Å². The molecule has 0 radical (unpaired) electrons. The van der Waals surface area contributed by atoms with E-state index in [-0.39, 0.29) is 12.0 Å². The van der Waals surface area contributed by atoms with Crippen LogP contribution in [0, 0.1) is 6.92 Å². The fourth-order valence-corrected chi connectivity index (χ4v) is 2.24. The molecule has 0 saturated heterocycles. The molecule has 0 aliphatic heterocycles. The van der Waals surface area contributed by atoms with Crippen molar-refractivity contribution in [2.75, 3.05) is 14.2 Å². The number of fused-ring (bicyclic) bond motifs is 1. The number of esters is 1. The first-order valence-corrected chi connectivity index (χ1v) is 6.38. The summed E-state index contributed by atoms with van der Waals surface area (Å²) in [5.74, 6) is -0.205. The van der Waals surface area contributed by atoms with Crippen LogP contribution in [0.4, 0.5) is 0 Å². The Hall–Kier alpha value is -1.87. The van der Waals surface area contributed by atoms with Crippen molar-refractivity contribution in [3.05, 3.63) is 47.5 Å². The Balaban J connectivity index is 2.33. The zero-order chi connectivity index (χ0) is 13.8. The Morgan fingerprint density at radius 2 is 1.89 bits per heavy atom. The Morgan fingerprint density at radius 3 is 2.58 bits per heavy atom. The molecule has 100 valence electrons. The van der Waals surface area contributed by atoms with Crippen LogP contribution in [0.2, 0.25) is 0 Å².